The van der Waals surface area contributed by atoms with Gasteiger partial charge in [-0.05, 0) is 24.8 Å². The SMILES string of the molecule is C=C(C(=O)OC)C1=CCCC1. The van der Waals surface area contributed by atoms with Gasteiger partial charge in [-0.25, -0.2) is 4.79 Å². The first-order valence-electron chi connectivity index (χ1n) is 3.72. The molecule has 11 heavy (non-hydrogen) atoms. The molecule has 60 valence electrons. The number of rotatable bonds is 2. The van der Waals surface area contributed by atoms with Gasteiger partial charge in [0.05, 0.1) is 12.7 Å². The lowest BCUT2D eigenvalue weighted by atomic mass is 10.1. The van der Waals surface area contributed by atoms with Crippen LogP contribution in [0, 0.1) is 0 Å². The topological polar surface area (TPSA) is 26.3 Å². The Morgan fingerprint density at radius 3 is 2.91 bits per heavy atom. The van der Waals surface area contributed by atoms with Gasteiger partial charge in [0.25, 0.3) is 0 Å². The average Bonchev–Trinajstić information content (AvgIpc) is 2.53. The summed E-state index contributed by atoms with van der Waals surface area (Å²) in [5.41, 5.74) is 1.57. The number of hydrogen-bond acceptors (Lipinski definition) is 2. The maximum absolute atomic E-state index is 10.9. The Morgan fingerprint density at radius 2 is 2.45 bits per heavy atom. The highest BCUT2D eigenvalue weighted by molar-refractivity contribution is 5.92. The highest BCUT2D eigenvalue weighted by Gasteiger charge is 2.14. The van der Waals surface area contributed by atoms with Crippen molar-refractivity contribution in [3.8, 4) is 0 Å². The van der Waals surface area contributed by atoms with Gasteiger partial charge >= 0.3 is 5.97 Å². The minimum Gasteiger partial charge on any atom is -0.465 e. The number of carbonyl (C=O) groups excluding carboxylic acids is 1. The van der Waals surface area contributed by atoms with Gasteiger partial charge in [0.15, 0.2) is 0 Å². The third-order valence-corrected chi connectivity index (χ3v) is 1.86. The number of allylic oxidation sites excluding steroid dienone is 1. The van der Waals surface area contributed by atoms with E-state index >= 15 is 0 Å². The highest BCUT2D eigenvalue weighted by Crippen LogP contribution is 2.23. The van der Waals surface area contributed by atoms with Crippen molar-refractivity contribution in [3.63, 3.8) is 0 Å². The molecule has 0 atom stereocenters. The normalized spacial score (nSPS) is 15.9. The van der Waals surface area contributed by atoms with Gasteiger partial charge in [0.1, 0.15) is 0 Å². The second-order valence-electron chi connectivity index (χ2n) is 2.59. The van der Waals surface area contributed by atoms with Crippen LogP contribution in [0.1, 0.15) is 19.3 Å². The molecular formula is C9H12O2. The van der Waals surface area contributed by atoms with Crippen LogP contribution >= 0.6 is 0 Å². The monoisotopic (exact) mass is 152 g/mol. The van der Waals surface area contributed by atoms with Gasteiger partial charge in [-0.15, -0.1) is 0 Å². The summed E-state index contributed by atoms with van der Waals surface area (Å²) in [6.45, 7) is 3.66. The minimum atomic E-state index is -0.307. The second kappa shape index (κ2) is 3.37. The van der Waals surface area contributed by atoms with Gasteiger partial charge in [-0.1, -0.05) is 12.7 Å². The molecule has 0 heterocycles. The van der Waals surface area contributed by atoms with Crippen LogP contribution in [0.3, 0.4) is 0 Å². The van der Waals surface area contributed by atoms with Crippen LogP contribution < -0.4 is 0 Å². The zero-order valence-corrected chi connectivity index (χ0v) is 6.72. The fraction of sp³-hybridized carbons (Fsp3) is 0.444. The van der Waals surface area contributed by atoms with E-state index in [2.05, 4.69) is 17.4 Å². The standard InChI is InChI=1S/C9H12O2/c1-7(9(10)11-2)8-5-3-4-6-8/h5H,1,3-4,6H2,2H3. The molecule has 1 rings (SSSR count). The summed E-state index contributed by atoms with van der Waals surface area (Å²) >= 11 is 0. The summed E-state index contributed by atoms with van der Waals surface area (Å²) in [5, 5.41) is 0. The Hall–Kier alpha value is -1.05. The molecule has 0 aromatic rings. The molecule has 0 unspecified atom stereocenters. The molecule has 0 N–H and O–H groups in total. The zero-order valence-electron chi connectivity index (χ0n) is 6.72. The molecule has 0 radical (unpaired) electrons. The largest absolute Gasteiger partial charge is 0.465 e. The Kier molecular flexibility index (Phi) is 2.47. The summed E-state index contributed by atoms with van der Waals surface area (Å²) in [4.78, 5) is 10.9. The lowest BCUT2D eigenvalue weighted by molar-refractivity contribution is -0.135. The van der Waals surface area contributed by atoms with E-state index in [0.717, 1.165) is 24.8 Å². The van der Waals surface area contributed by atoms with Crippen LogP contribution in [0.15, 0.2) is 23.8 Å². The maximum atomic E-state index is 10.9. The lowest BCUT2D eigenvalue weighted by Gasteiger charge is -2.02. The van der Waals surface area contributed by atoms with Gasteiger partial charge in [-0.3, -0.25) is 0 Å². The fourth-order valence-electron chi connectivity index (χ4n) is 1.20. The summed E-state index contributed by atoms with van der Waals surface area (Å²) < 4.78 is 4.55. The van der Waals surface area contributed by atoms with Crippen molar-refractivity contribution in [1.29, 1.82) is 0 Å². The van der Waals surface area contributed by atoms with Crippen LogP contribution in [-0.2, 0) is 9.53 Å². The zero-order chi connectivity index (χ0) is 8.27. The quantitative estimate of drug-likeness (QED) is 0.445. The highest BCUT2D eigenvalue weighted by atomic mass is 16.5. The Balaban J connectivity index is 2.60. The summed E-state index contributed by atoms with van der Waals surface area (Å²) in [6.07, 6.45) is 5.21. The van der Waals surface area contributed by atoms with E-state index in [1.165, 1.54) is 7.11 Å². The molecule has 1 aliphatic rings. The van der Waals surface area contributed by atoms with E-state index in [9.17, 15) is 4.79 Å². The third-order valence-electron chi connectivity index (χ3n) is 1.86. The van der Waals surface area contributed by atoms with Crippen molar-refractivity contribution < 1.29 is 9.53 Å². The number of ether oxygens (including phenoxy) is 1. The fourth-order valence-corrected chi connectivity index (χ4v) is 1.20. The Bertz CT molecular complexity index is 214. The Morgan fingerprint density at radius 1 is 1.73 bits per heavy atom. The number of carbonyl (C=O) groups is 1. The van der Waals surface area contributed by atoms with Crippen molar-refractivity contribution in [2.75, 3.05) is 7.11 Å². The Labute approximate surface area is 66.5 Å². The summed E-state index contributed by atoms with van der Waals surface area (Å²) in [7, 11) is 1.38. The molecule has 2 heteroatoms. The van der Waals surface area contributed by atoms with Crippen LogP contribution in [0.5, 0.6) is 0 Å². The van der Waals surface area contributed by atoms with Gasteiger partial charge in [-0.2, -0.15) is 0 Å². The predicted octanol–water partition coefficient (Wildman–Crippen LogP) is 1.83. The van der Waals surface area contributed by atoms with E-state index < -0.39 is 0 Å². The molecule has 0 spiro atoms. The lowest BCUT2D eigenvalue weighted by Crippen LogP contribution is -2.04. The average molecular weight is 152 g/mol. The van der Waals surface area contributed by atoms with Crippen LogP contribution in [0.25, 0.3) is 0 Å². The van der Waals surface area contributed by atoms with Gasteiger partial charge < -0.3 is 4.74 Å². The van der Waals surface area contributed by atoms with Gasteiger partial charge in [0, 0.05) is 0 Å². The maximum Gasteiger partial charge on any atom is 0.337 e. The summed E-state index contributed by atoms with van der Waals surface area (Å²) in [6, 6.07) is 0. The van der Waals surface area contributed by atoms with Crippen molar-refractivity contribution in [2.24, 2.45) is 0 Å². The molecular weight excluding hydrogens is 140 g/mol. The van der Waals surface area contributed by atoms with Crippen molar-refractivity contribution in [3.05, 3.63) is 23.8 Å². The van der Waals surface area contributed by atoms with E-state index in [1.54, 1.807) is 0 Å². The van der Waals surface area contributed by atoms with E-state index in [0.29, 0.717) is 5.57 Å². The number of esters is 1. The molecule has 0 aromatic heterocycles. The van der Waals surface area contributed by atoms with Crippen molar-refractivity contribution in [2.45, 2.75) is 19.3 Å². The smallest absolute Gasteiger partial charge is 0.337 e. The molecule has 0 saturated carbocycles. The molecule has 0 aliphatic heterocycles. The molecule has 0 saturated heterocycles. The molecule has 0 aromatic carbocycles. The molecule has 1 aliphatic carbocycles. The van der Waals surface area contributed by atoms with E-state index in [1.807, 2.05) is 0 Å². The number of methoxy groups -OCH3 is 1. The first kappa shape index (κ1) is 8.05. The number of hydrogen-bond donors (Lipinski definition) is 0. The molecule has 0 fully saturated rings. The van der Waals surface area contributed by atoms with Crippen LogP contribution in [0.4, 0.5) is 0 Å². The molecule has 0 amide bonds. The predicted molar refractivity (Wildman–Crippen MR) is 43.1 cm³/mol. The van der Waals surface area contributed by atoms with Crippen molar-refractivity contribution >= 4 is 5.97 Å². The van der Waals surface area contributed by atoms with Crippen molar-refractivity contribution in [1.82, 2.24) is 0 Å². The summed E-state index contributed by atoms with van der Waals surface area (Å²) in [5.74, 6) is -0.307. The van der Waals surface area contributed by atoms with Crippen LogP contribution in [0.2, 0.25) is 0 Å². The second-order valence-corrected chi connectivity index (χ2v) is 2.59. The minimum absolute atomic E-state index is 0.307. The van der Waals surface area contributed by atoms with E-state index in [4.69, 9.17) is 0 Å². The van der Waals surface area contributed by atoms with E-state index in [-0.39, 0.29) is 5.97 Å². The molecule has 2 nitrogen and oxygen atoms in total. The third kappa shape index (κ3) is 1.70. The first-order chi connectivity index (χ1) is 5.25. The first-order valence-corrected chi connectivity index (χ1v) is 3.72. The molecule has 0 bridgehead atoms. The van der Waals surface area contributed by atoms with Crippen LogP contribution in [-0.4, -0.2) is 13.1 Å². The van der Waals surface area contributed by atoms with Gasteiger partial charge in [0.2, 0.25) is 0 Å².